The fraction of sp³-hybridized carbons (Fsp3) is 0.500. The molecule has 0 radical (unpaired) electrons. The number of para-hydroxylation sites is 2. The quantitative estimate of drug-likeness (QED) is 0.749. The zero-order valence-electron chi connectivity index (χ0n) is 9.15. The summed E-state index contributed by atoms with van der Waals surface area (Å²) < 4.78 is 5.88. The van der Waals surface area contributed by atoms with Gasteiger partial charge in [-0.05, 0) is 32.0 Å². The number of rotatable bonds is 2. The Morgan fingerprint density at radius 3 is 2.60 bits per heavy atom. The van der Waals surface area contributed by atoms with Crippen molar-refractivity contribution in [1.29, 1.82) is 0 Å². The Kier molecular flexibility index (Phi) is 3.11. The molecule has 1 heterocycles. The van der Waals surface area contributed by atoms with Crippen molar-refractivity contribution < 1.29 is 4.74 Å². The zero-order chi connectivity index (χ0) is 10.7. The Hall–Kier alpha value is -1.22. The van der Waals surface area contributed by atoms with Gasteiger partial charge in [0.25, 0.3) is 0 Å². The van der Waals surface area contributed by atoms with Crippen LogP contribution in [0, 0.1) is 0 Å². The third-order valence-electron chi connectivity index (χ3n) is 2.88. The number of piperidine rings is 1. The molecular weight excluding hydrogens is 188 g/mol. The van der Waals surface area contributed by atoms with Crippen molar-refractivity contribution >= 4 is 5.69 Å². The summed E-state index contributed by atoms with van der Waals surface area (Å²) in [6.07, 6.45) is 2.50. The number of ether oxygens (including phenoxy) is 1. The summed E-state index contributed by atoms with van der Waals surface area (Å²) >= 11 is 0. The second kappa shape index (κ2) is 4.53. The second-order valence-electron chi connectivity index (χ2n) is 4.16. The van der Waals surface area contributed by atoms with Crippen LogP contribution < -0.4 is 10.5 Å². The molecule has 0 aliphatic carbocycles. The highest BCUT2D eigenvalue weighted by Crippen LogP contribution is 2.24. The van der Waals surface area contributed by atoms with Crippen LogP contribution in [0.1, 0.15) is 12.8 Å². The van der Waals surface area contributed by atoms with Crippen molar-refractivity contribution in [3.05, 3.63) is 24.3 Å². The van der Waals surface area contributed by atoms with Gasteiger partial charge in [-0.25, -0.2) is 0 Å². The van der Waals surface area contributed by atoms with Gasteiger partial charge in [-0.3, -0.25) is 0 Å². The summed E-state index contributed by atoms with van der Waals surface area (Å²) in [5, 5.41) is 0. The standard InChI is InChI=1S/C12H18N2O/c1-14-8-6-10(7-9-14)15-12-5-3-2-4-11(12)13/h2-5,10H,6-9,13H2,1H3. The molecule has 3 nitrogen and oxygen atoms in total. The highest BCUT2D eigenvalue weighted by Gasteiger charge is 2.18. The maximum Gasteiger partial charge on any atom is 0.142 e. The Morgan fingerprint density at radius 2 is 1.93 bits per heavy atom. The molecule has 1 fully saturated rings. The van der Waals surface area contributed by atoms with Gasteiger partial charge >= 0.3 is 0 Å². The molecule has 0 atom stereocenters. The smallest absolute Gasteiger partial charge is 0.142 e. The predicted molar refractivity (Wildman–Crippen MR) is 62.0 cm³/mol. The molecule has 82 valence electrons. The van der Waals surface area contributed by atoms with Gasteiger partial charge in [0.05, 0.1) is 5.69 Å². The van der Waals surface area contributed by atoms with Crippen LogP contribution in [0.25, 0.3) is 0 Å². The van der Waals surface area contributed by atoms with Crippen molar-refractivity contribution in [3.8, 4) is 5.75 Å². The van der Waals surface area contributed by atoms with E-state index in [0.717, 1.165) is 37.4 Å². The van der Waals surface area contributed by atoms with Gasteiger partial charge in [0.1, 0.15) is 11.9 Å². The number of hydrogen-bond acceptors (Lipinski definition) is 3. The summed E-state index contributed by atoms with van der Waals surface area (Å²) in [4.78, 5) is 2.33. The topological polar surface area (TPSA) is 38.5 Å². The van der Waals surface area contributed by atoms with Gasteiger partial charge in [-0.1, -0.05) is 12.1 Å². The van der Waals surface area contributed by atoms with Crippen molar-refractivity contribution in [1.82, 2.24) is 4.90 Å². The van der Waals surface area contributed by atoms with Gasteiger partial charge < -0.3 is 15.4 Å². The Morgan fingerprint density at radius 1 is 1.27 bits per heavy atom. The van der Waals surface area contributed by atoms with Crippen LogP contribution in [0.3, 0.4) is 0 Å². The lowest BCUT2D eigenvalue weighted by Crippen LogP contribution is -2.35. The molecule has 0 bridgehead atoms. The molecule has 0 aromatic heterocycles. The third kappa shape index (κ3) is 2.63. The van der Waals surface area contributed by atoms with Crippen molar-refractivity contribution in [2.45, 2.75) is 18.9 Å². The van der Waals surface area contributed by atoms with Crippen LogP contribution in [0.5, 0.6) is 5.75 Å². The van der Waals surface area contributed by atoms with E-state index < -0.39 is 0 Å². The van der Waals surface area contributed by atoms with E-state index in [1.165, 1.54) is 0 Å². The van der Waals surface area contributed by atoms with E-state index in [9.17, 15) is 0 Å². The summed E-state index contributed by atoms with van der Waals surface area (Å²) in [7, 11) is 2.15. The number of nitrogen functional groups attached to an aromatic ring is 1. The minimum absolute atomic E-state index is 0.325. The van der Waals surface area contributed by atoms with Crippen LogP contribution in [0.2, 0.25) is 0 Å². The molecule has 0 saturated carbocycles. The summed E-state index contributed by atoms with van der Waals surface area (Å²) in [5.41, 5.74) is 6.56. The van der Waals surface area contributed by atoms with E-state index in [1.54, 1.807) is 0 Å². The van der Waals surface area contributed by atoms with Crippen LogP contribution in [0.4, 0.5) is 5.69 Å². The van der Waals surface area contributed by atoms with E-state index >= 15 is 0 Å². The molecule has 0 amide bonds. The number of hydrogen-bond donors (Lipinski definition) is 1. The first kappa shape index (κ1) is 10.3. The minimum atomic E-state index is 0.325. The highest BCUT2D eigenvalue weighted by atomic mass is 16.5. The van der Waals surface area contributed by atoms with Crippen LogP contribution >= 0.6 is 0 Å². The molecule has 1 aromatic carbocycles. The van der Waals surface area contributed by atoms with Gasteiger partial charge in [0.15, 0.2) is 0 Å². The fourth-order valence-electron chi connectivity index (χ4n) is 1.87. The average molecular weight is 206 g/mol. The second-order valence-corrected chi connectivity index (χ2v) is 4.16. The van der Waals surface area contributed by atoms with Gasteiger partial charge in [0, 0.05) is 13.1 Å². The maximum atomic E-state index is 5.88. The lowest BCUT2D eigenvalue weighted by atomic mass is 10.1. The molecule has 1 aliphatic heterocycles. The van der Waals surface area contributed by atoms with Crippen LogP contribution in [-0.4, -0.2) is 31.1 Å². The number of likely N-dealkylation sites (tertiary alicyclic amines) is 1. The van der Waals surface area contributed by atoms with Crippen LogP contribution in [0.15, 0.2) is 24.3 Å². The monoisotopic (exact) mass is 206 g/mol. The number of nitrogens with two attached hydrogens (primary N) is 1. The minimum Gasteiger partial charge on any atom is -0.488 e. The van der Waals surface area contributed by atoms with E-state index in [1.807, 2.05) is 24.3 Å². The lowest BCUT2D eigenvalue weighted by Gasteiger charge is -2.29. The molecule has 0 unspecified atom stereocenters. The molecule has 15 heavy (non-hydrogen) atoms. The van der Waals surface area contributed by atoms with Crippen molar-refractivity contribution in [2.24, 2.45) is 0 Å². The zero-order valence-corrected chi connectivity index (χ0v) is 9.15. The Balaban J connectivity index is 1.95. The number of nitrogens with zero attached hydrogens (tertiary/aromatic N) is 1. The predicted octanol–water partition coefficient (Wildman–Crippen LogP) is 1.74. The van der Waals surface area contributed by atoms with E-state index in [4.69, 9.17) is 10.5 Å². The highest BCUT2D eigenvalue weighted by molar-refractivity contribution is 5.51. The average Bonchev–Trinajstić information content (AvgIpc) is 2.25. The fourth-order valence-corrected chi connectivity index (χ4v) is 1.87. The summed E-state index contributed by atoms with van der Waals surface area (Å²) in [6, 6.07) is 7.70. The first-order chi connectivity index (χ1) is 7.25. The summed E-state index contributed by atoms with van der Waals surface area (Å²) in [6.45, 7) is 2.22. The molecule has 1 aliphatic rings. The Bertz CT molecular complexity index is 319. The first-order valence-electron chi connectivity index (χ1n) is 5.45. The van der Waals surface area contributed by atoms with Crippen molar-refractivity contribution in [3.63, 3.8) is 0 Å². The number of benzene rings is 1. The molecule has 2 rings (SSSR count). The van der Waals surface area contributed by atoms with E-state index in [-0.39, 0.29) is 0 Å². The van der Waals surface area contributed by atoms with Gasteiger partial charge in [-0.15, -0.1) is 0 Å². The molecule has 1 saturated heterocycles. The molecular formula is C12H18N2O. The molecule has 3 heteroatoms. The van der Waals surface area contributed by atoms with Crippen molar-refractivity contribution in [2.75, 3.05) is 25.9 Å². The molecule has 1 aromatic rings. The Labute approximate surface area is 90.8 Å². The van der Waals surface area contributed by atoms with Crippen LogP contribution in [-0.2, 0) is 0 Å². The third-order valence-corrected chi connectivity index (χ3v) is 2.88. The maximum absolute atomic E-state index is 5.88. The van der Waals surface area contributed by atoms with E-state index in [0.29, 0.717) is 6.10 Å². The normalized spacial score (nSPS) is 19.0. The molecule has 0 spiro atoms. The largest absolute Gasteiger partial charge is 0.488 e. The number of anilines is 1. The first-order valence-corrected chi connectivity index (χ1v) is 5.45. The SMILES string of the molecule is CN1CCC(Oc2ccccc2N)CC1. The lowest BCUT2D eigenvalue weighted by molar-refractivity contribution is 0.115. The van der Waals surface area contributed by atoms with E-state index in [2.05, 4.69) is 11.9 Å². The van der Waals surface area contributed by atoms with Gasteiger partial charge in [-0.2, -0.15) is 0 Å². The summed E-state index contributed by atoms with van der Waals surface area (Å²) in [5.74, 6) is 0.826. The molecule has 2 N–H and O–H groups in total. The van der Waals surface area contributed by atoms with Gasteiger partial charge in [0.2, 0.25) is 0 Å².